The smallest absolute Gasteiger partial charge is 0.335 e. The average Bonchev–Trinajstić information content (AvgIpc) is 2.36. The first-order valence-corrected chi connectivity index (χ1v) is 5.83. The predicted molar refractivity (Wildman–Crippen MR) is 67.3 cm³/mol. The van der Waals surface area contributed by atoms with Crippen molar-refractivity contribution in [3.05, 3.63) is 36.9 Å². The van der Waals surface area contributed by atoms with Crippen LogP contribution in [0.4, 0.5) is 0 Å². The molecule has 0 aromatic heterocycles. The fraction of sp³-hybridized carbons (Fsp3) is 0.357. The minimum Gasteiger partial charge on any atom is -0.494 e. The summed E-state index contributed by atoms with van der Waals surface area (Å²) in [6.07, 6.45) is 4.55. The molecular formula is C14H18O3. The van der Waals surface area contributed by atoms with Crippen molar-refractivity contribution in [2.45, 2.75) is 26.2 Å². The van der Waals surface area contributed by atoms with Crippen LogP contribution in [0.15, 0.2) is 36.9 Å². The second kappa shape index (κ2) is 7.49. The van der Waals surface area contributed by atoms with Gasteiger partial charge in [0.2, 0.25) is 0 Å². The SMILES string of the molecule is C=CC(=O)Oc1ccc(OCCCCC)cc1. The lowest BCUT2D eigenvalue weighted by atomic mass is 10.3. The van der Waals surface area contributed by atoms with Crippen LogP contribution in [0.1, 0.15) is 26.2 Å². The Labute approximate surface area is 102 Å². The van der Waals surface area contributed by atoms with Crippen molar-refractivity contribution in [2.24, 2.45) is 0 Å². The summed E-state index contributed by atoms with van der Waals surface area (Å²) in [5, 5.41) is 0. The molecule has 0 N–H and O–H groups in total. The Morgan fingerprint density at radius 2 is 1.88 bits per heavy atom. The van der Waals surface area contributed by atoms with Crippen LogP contribution in [-0.4, -0.2) is 12.6 Å². The molecule has 17 heavy (non-hydrogen) atoms. The lowest BCUT2D eigenvalue weighted by Crippen LogP contribution is -2.03. The van der Waals surface area contributed by atoms with Gasteiger partial charge in [-0.3, -0.25) is 0 Å². The van der Waals surface area contributed by atoms with E-state index in [4.69, 9.17) is 9.47 Å². The van der Waals surface area contributed by atoms with Gasteiger partial charge >= 0.3 is 5.97 Å². The van der Waals surface area contributed by atoms with E-state index in [9.17, 15) is 4.79 Å². The topological polar surface area (TPSA) is 35.5 Å². The van der Waals surface area contributed by atoms with Gasteiger partial charge in [0.25, 0.3) is 0 Å². The van der Waals surface area contributed by atoms with E-state index in [2.05, 4.69) is 13.5 Å². The number of benzene rings is 1. The summed E-state index contributed by atoms with van der Waals surface area (Å²) in [6, 6.07) is 6.99. The van der Waals surface area contributed by atoms with Crippen molar-refractivity contribution in [3.8, 4) is 11.5 Å². The van der Waals surface area contributed by atoms with Crippen molar-refractivity contribution in [1.29, 1.82) is 0 Å². The molecule has 1 aromatic rings. The van der Waals surface area contributed by atoms with Crippen molar-refractivity contribution >= 4 is 5.97 Å². The number of carbonyl (C=O) groups is 1. The van der Waals surface area contributed by atoms with Gasteiger partial charge < -0.3 is 9.47 Å². The van der Waals surface area contributed by atoms with Gasteiger partial charge in [0, 0.05) is 6.08 Å². The third kappa shape index (κ3) is 5.20. The third-order valence-electron chi connectivity index (χ3n) is 2.23. The van der Waals surface area contributed by atoms with Gasteiger partial charge in [-0.25, -0.2) is 4.79 Å². The average molecular weight is 234 g/mol. The van der Waals surface area contributed by atoms with Crippen LogP contribution in [0.2, 0.25) is 0 Å². The van der Waals surface area contributed by atoms with E-state index in [1.165, 1.54) is 12.8 Å². The molecule has 0 aliphatic rings. The number of hydrogen-bond donors (Lipinski definition) is 0. The quantitative estimate of drug-likeness (QED) is 0.314. The highest BCUT2D eigenvalue weighted by atomic mass is 16.5. The van der Waals surface area contributed by atoms with Crippen LogP contribution in [0.25, 0.3) is 0 Å². The molecule has 1 rings (SSSR count). The van der Waals surface area contributed by atoms with E-state index >= 15 is 0 Å². The minimum atomic E-state index is -0.457. The molecule has 0 saturated carbocycles. The second-order valence-corrected chi connectivity index (χ2v) is 3.65. The molecule has 0 unspecified atom stereocenters. The first-order valence-electron chi connectivity index (χ1n) is 5.83. The molecule has 92 valence electrons. The maximum absolute atomic E-state index is 10.9. The van der Waals surface area contributed by atoms with Gasteiger partial charge in [0.05, 0.1) is 6.61 Å². The fourth-order valence-corrected chi connectivity index (χ4v) is 1.30. The molecule has 0 bridgehead atoms. The van der Waals surface area contributed by atoms with Gasteiger partial charge in [0.15, 0.2) is 0 Å². The standard InChI is InChI=1S/C14H18O3/c1-3-5-6-11-16-12-7-9-13(10-8-12)17-14(15)4-2/h4,7-10H,2-3,5-6,11H2,1H3. The maximum Gasteiger partial charge on any atom is 0.335 e. The zero-order valence-corrected chi connectivity index (χ0v) is 10.1. The number of hydrogen-bond acceptors (Lipinski definition) is 3. The molecule has 3 heteroatoms. The van der Waals surface area contributed by atoms with Gasteiger partial charge in [-0.2, -0.15) is 0 Å². The van der Waals surface area contributed by atoms with Gasteiger partial charge in [-0.1, -0.05) is 26.3 Å². The maximum atomic E-state index is 10.9. The monoisotopic (exact) mass is 234 g/mol. The molecule has 0 saturated heterocycles. The van der Waals surface area contributed by atoms with Crippen LogP contribution in [0.3, 0.4) is 0 Å². The van der Waals surface area contributed by atoms with Crippen LogP contribution in [-0.2, 0) is 4.79 Å². The molecule has 0 amide bonds. The number of carbonyl (C=O) groups excluding carboxylic acids is 1. The van der Waals surface area contributed by atoms with Crippen LogP contribution >= 0.6 is 0 Å². The zero-order valence-electron chi connectivity index (χ0n) is 10.1. The normalized spacial score (nSPS) is 9.71. The Bertz CT molecular complexity index is 354. The number of unbranched alkanes of at least 4 members (excludes halogenated alkanes) is 2. The summed E-state index contributed by atoms with van der Waals surface area (Å²) in [6.45, 7) is 6.21. The molecule has 0 radical (unpaired) electrons. The van der Waals surface area contributed by atoms with E-state index in [1.54, 1.807) is 24.3 Å². The van der Waals surface area contributed by atoms with Gasteiger partial charge in [-0.15, -0.1) is 0 Å². The minimum absolute atomic E-state index is 0.457. The van der Waals surface area contributed by atoms with Crippen LogP contribution in [0, 0.1) is 0 Å². The highest BCUT2D eigenvalue weighted by molar-refractivity contribution is 5.83. The fourth-order valence-electron chi connectivity index (χ4n) is 1.30. The summed E-state index contributed by atoms with van der Waals surface area (Å²) >= 11 is 0. The Balaban J connectivity index is 2.39. The van der Waals surface area contributed by atoms with Crippen LogP contribution < -0.4 is 9.47 Å². The summed E-state index contributed by atoms with van der Waals surface area (Å²) < 4.78 is 10.5. The summed E-state index contributed by atoms with van der Waals surface area (Å²) in [4.78, 5) is 10.9. The highest BCUT2D eigenvalue weighted by Crippen LogP contribution is 2.18. The first kappa shape index (κ1) is 13.3. The number of rotatable bonds is 7. The lowest BCUT2D eigenvalue weighted by molar-refractivity contribution is -0.128. The van der Waals surface area contributed by atoms with E-state index in [0.717, 1.165) is 24.9 Å². The summed E-state index contributed by atoms with van der Waals surface area (Å²) in [7, 11) is 0. The molecular weight excluding hydrogens is 216 g/mol. The van der Waals surface area contributed by atoms with Crippen molar-refractivity contribution in [2.75, 3.05) is 6.61 Å². The second-order valence-electron chi connectivity index (χ2n) is 3.65. The molecule has 0 fully saturated rings. The molecule has 1 aromatic carbocycles. The predicted octanol–water partition coefficient (Wildman–Crippen LogP) is 3.35. The van der Waals surface area contributed by atoms with E-state index in [1.807, 2.05) is 0 Å². The largest absolute Gasteiger partial charge is 0.494 e. The molecule has 0 spiro atoms. The molecule has 3 nitrogen and oxygen atoms in total. The van der Waals surface area contributed by atoms with Crippen molar-refractivity contribution in [1.82, 2.24) is 0 Å². The third-order valence-corrected chi connectivity index (χ3v) is 2.23. The van der Waals surface area contributed by atoms with E-state index in [-0.39, 0.29) is 0 Å². The van der Waals surface area contributed by atoms with Crippen molar-refractivity contribution < 1.29 is 14.3 Å². The Hall–Kier alpha value is -1.77. The zero-order chi connectivity index (χ0) is 12.5. The Kier molecular flexibility index (Phi) is 5.86. The molecule has 0 aliphatic heterocycles. The highest BCUT2D eigenvalue weighted by Gasteiger charge is 2.00. The lowest BCUT2D eigenvalue weighted by Gasteiger charge is -2.06. The Morgan fingerprint density at radius 1 is 1.24 bits per heavy atom. The van der Waals surface area contributed by atoms with Gasteiger partial charge in [0.1, 0.15) is 11.5 Å². The van der Waals surface area contributed by atoms with E-state index in [0.29, 0.717) is 5.75 Å². The summed E-state index contributed by atoms with van der Waals surface area (Å²) in [5.74, 6) is 0.830. The molecule has 0 heterocycles. The number of esters is 1. The molecule has 0 atom stereocenters. The Morgan fingerprint density at radius 3 is 2.47 bits per heavy atom. The molecule has 0 aliphatic carbocycles. The number of ether oxygens (including phenoxy) is 2. The summed E-state index contributed by atoms with van der Waals surface area (Å²) in [5.41, 5.74) is 0. The van der Waals surface area contributed by atoms with Crippen LogP contribution in [0.5, 0.6) is 11.5 Å². The van der Waals surface area contributed by atoms with Gasteiger partial charge in [-0.05, 0) is 30.7 Å². The van der Waals surface area contributed by atoms with Crippen molar-refractivity contribution in [3.63, 3.8) is 0 Å². The first-order chi connectivity index (χ1) is 8.26. The van der Waals surface area contributed by atoms with E-state index < -0.39 is 5.97 Å².